The van der Waals surface area contributed by atoms with Crippen molar-refractivity contribution in [3.05, 3.63) is 77.7 Å². The average molecular weight is 608 g/mol. The second-order valence-corrected chi connectivity index (χ2v) is 12.7. The van der Waals surface area contributed by atoms with E-state index in [1.54, 1.807) is 4.90 Å². The number of aromatic nitrogens is 2. The number of benzene rings is 2. The van der Waals surface area contributed by atoms with E-state index in [0.29, 0.717) is 11.5 Å². The summed E-state index contributed by atoms with van der Waals surface area (Å²) in [6, 6.07) is 10.4. The van der Waals surface area contributed by atoms with Crippen LogP contribution in [0.1, 0.15) is 37.6 Å². The highest BCUT2D eigenvalue weighted by molar-refractivity contribution is 7.89. The number of aliphatic hydroxyl groups excluding tert-OH is 1. The second-order valence-electron chi connectivity index (χ2n) is 10.8. The fourth-order valence-corrected chi connectivity index (χ4v) is 6.02. The Morgan fingerprint density at radius 3 is 2.24 bits per heavy atom. The predicted octanol–water partition coefficient (Wildman–Crippen LogP) is 3.36. The van der Waals surface area contributed by atoms with Crippen molar-refractivity contribution < 1.29 is 36.2 Å². The van der Waals surface area contributed by atoms with Crippen molar-refractivity contribution >= 4 is 21.7 Å². The summed E-state index contributed by atoms with van der Waals surface area (Å²) in [4.78, 5) is 23.3. The smallest absolute Gasteiger partial charge is 0.406 e. The molecule has 10 nitrogen and oxygen atoms in total. The highest BCUT2D eigenvalue weighted by atomic mass is 32.2. The lowest BCUT2D eigenvalue weighted by Crippen LogP contribution is -2.60. The summed E-state index contributed by atoms with van der Waals surface area (Å²) in [5.41, 5.74) is 2.25. The molecule has 0 unspecified atom stereocenters. The van der Waals surface area contributed by atoms with Gasteiger partial charge in [-0.2, -0.15) is 4.31 Å². The number of nitrogens with one attached hydrogen (secondary N) is 1. The van der Waals surface area contributed by atoms with E-state index in [-0.39, 0.29) is 43.1 Å². The zero-order valence-electron chi connectivity index (χ0n) is 23.3. The van der Waals surface area contributed by atoms with Crippen molar-refractivity contribution in [3.63, 3.8) is 0 Å². The van der Waals surface area contributed by atoms with Crippen LogP contribution >= 0.6 is 0 Å². The van der Waals surface area contributed by atoms with Crippen LogP contribution in [0.15, 0.2) is 65.8 Å². The molecule has 14 heteroatoms. The van der Waals surface area contributed by atoms with E-state index in [9.17, 15) is 31.5 Å². The molecule has 0 saturated carbocycles. The van der Waals surface area contributed by atoms with Gasteiger partial charge in [-0.1, -0.05) is 45.0 Å². The van der Waals surface area contributed by atoms with Gasteiger partial charge in [0.25, 0.3) is 0 Å². The number of anilines is 1. The Hall–Kier alpha value is -3.75. The van der Waals surface area contributed by atoms with Crippen molar-refractivity contribution in [2.24, 2.45) is 0 Å². The van der Waals surface area contributed by atoms with E-state index >= 15 is 0 Å². The maximum Gasteiger partial charge on any atom is 0.573 e. The fourth-order valence-electron chi connectivity index (χ4n) is 4.45. The Kier molecular flexibility index (Phi) is 9.09. The lowest BCUT2D eigenvalue weighted by atomic mass is 9.87. The van der Waals surface area contributed by atoms with E-state index in [2.05, 4.69) is 40.8 Å². The highest BCUT2D eigenvalue weighted by Gasteiger charge is 2.41. The molecule has 1 atom stereocenters. The molecule has 42 heavy (non-hydrogen) atoms. The third-order valence-corrected chi connectivity index (χ3v) is 8.68. The molecule has 3 aromatic rings. The minimum Gasteiger partial charge on any atom is -0.406 e. The molecule has 0 bridgehead atoms. The molecule has 4 rings (SSSR count). The van der Waals surface area contributed by atoms with Crippen molar-refractivity contribution in [1.29, 1.82) is 0 Å². The number of aliphatic hydroxyl groups is 1. The van der Waals surface area contributed by atoms with Gasteiger partial charge < -0.3 is 20.1 Å². The standard InChI is InChI=1S/C28H32F3N5O5S/c1-27(2,3)20-6-4-19(5-7-20)14-34-26(38)24-17-35(25-16-32-21(18-37)15-33-25)12-13-36(24)42(39,40)23-10-8-22(9-11-23)41-28(29,30)31/h4-11,15-16,24,37H,12-14,17-18H2,1-3H3,(H,34,38)/t24-/m1/s1. The molecule has 0 spiro atoms. The van der Waals surface area contributed by atoms with Gasteiger partial charge in [0, 0.05) is 26.2 Å². The molecule has 1 aliphatic heterocycles. The zero-order chi connectivity index (χ0) is 30.7. The van der Waals surface area contributed by atoms with Crippen LogP contribution in [0.5, 0.6) is 5.75 Å². The van der Waals surface area contributed by atoms with Gasteiger partial charge in [0.2, 0.25) is 15.9 Å². The summed E-state index contributed by atoms with van der Waals surface area (Å²) in [5.74, 6) is -0.725. The topological polar surface area (TPSA) is 125 Å². The third-order valence-electron chi connectivity index (χ3n) is 6.76. The van der Waals surface area contributed by atoms with Crippen molar-refractivity contribution in [1.82, 2.24) is 19.6 Å². The van der Waals surface area contributed by atoms with Gasteiger partial charge in [0.1, 0.15) is 17.6 Å². The van der Waals surface area contributed by atoms with Gasteiger partial charge in [-0.05, 0) is 40.8 Å². The summed E-state index contributed by atoms with van der Waals surface area (Å²) < 4.78 is 69.9. The summed E-state index contributed by atoms with van der Waals surface area (Å²) in [5, 5.41) is 12.1. The number of halogens is 3. The molecular weight excluding hydrogens is 575 g/mol. The van der Waals surface area contributed by atoms with E-state index in [1.165, 1.54) is 12.4 Å². The fraction of sp³-hybridized carbons (Fsp3) is 0.393. The quantitative estimate of drug-likeness (QED) is 0.400. The molecule has 0 radical (unpaired) electrons. The maximum absolute atomic E-state index is 13.6. The zero-order valence-corrected chi connectivity index (χ0v) is 24.1. The molecule has 2 aromatic carbocycles. The van der Waals surface area contributed by atoms with Gasteiger partial charge in [0.05, 0.1) is 29.6 Å². The van der Waals surface area contributed by atoms with Gasteiger partial charge in [-0.15, -0.1) is 13.2 Å². The molecule has 0 aliphatic carbocycles. The summed E-state index contributed by atoms with van der Waals surface area (Å²) in [6.45, 7) is 6.13. The number of hydrogen-bond donors (Lipinski definition) is 2. The number of carbonyl (C=O) groups excluding carboxylic acids is 1. The van der Waals surface area contributed by atoms with Crippen LogP contribution in [0, 0.1) is 0 Å². The van der Waals surface area contributed by atoms with Crippen LogP contribution in [-0.4, -0.2) is 65.7 Å². The summed E-state index contributed by atoms with van der Waals surface area (Å²) >= 11 is 0. The number of nitrogens with zero attached hydrogens (tertiary/aromatic N) is 4. The lowest BCUT2D eigenvalue weighted by molar-refractivity contribution is -0.274. The SMILES string of the molecule is CC(C)(C)c1ccc(CNC(=O)[C@H]2CN(c3cnc(CO)cn3)CCN2S(=O)(=O)c2ccc(OC(F)(F)F)cc2)cc1. The van der Waals surface area contributed by atoms with Crippen LogP contribution < -0.4 is 15.0 Å². The minimum atomic E-state index is -4.93. The normalized spacial score (nSPS) is 16.7. The van der Waals surface area contributed by atoms with Crippen LogP contribution in [0.25, 0.3) is 0 Å². The summed E-state index contributed by atoms with van der Waals surface area (Å²) in [6.07, 6.45) is -2.11. The number of rotatable bonds is 8. The predicted molar refractivity (Wildman–Crippen MR) is 148 cm³/mol. The summed E-state index contributed by atoms with van der Waals surface area (Å²) in [7, 11) is -4.30. The number of carbonyl (C=O) groups is 1. The first-order chi connectivity index (χ1) is 19.7. The lowest BCUT2D eigenvalue weighted by Gasteiger charge is -2.40. The molecule has 1 fully saturated rings. The second kappa shape index (κ2) is 12.2. The van der Waals surface area contributed by atoms with Crippen LogP contribution in [0.4, 0.5) is 19.0 Å². The molecule has 2 heterocycles. The number of sulfonamides is 1. The molecule has 1 aliphatic rings. The molecule has 1 aromatic heterocycles. The Morgan fingerprint density at radius 2 is 1.69 bits per heavy atom. The Bertz CT molecular complexity index is 1480. The molecule has 1 amide bonds. The largest absolute Gasteiger partial charge is 0.573 e. The number of amides is 1. The van der Waals surface area contributed by atoms with Crippen LogP contribution in [0.3, 0.4) is 0 Å². The Morgan fingerprint density at radius 1 is 1.02 bits per heavy atom. The third kappa shape index (κ3) is 7.55. The maximum atomic E-state index is 13.6. The minimum absolute atomic E-state index is 0.0441. The molecule has 1 saturated heterocycles. The number of hydrogen-bond acceptors (Lipinski definition) is 8. The monoisotopic (exact) mass is 607 g/mol. The van der Waals surface area contributed by atoms with Gasteiger partial charge in [-0.25, -0.2) is 13.4 Å². The van der Waals surface area contributed by atoms with Crippen LogP contribution in [0.2, 0.25) is 0 Å². The number of ether oxygens (including phenoxy) is 1. The van der Waals surface area contributed by atoms with E-state index in [4.69, 9.17) is 0 Å². The molecular formula is C28H32F3N5O5S. The highest BCUT2D eigenvalue weighted by Crippen LogP contribution is 2.28. The van der Waals surface area contributed by atoms with E-state index in [0.717, 1.165) is 39.7 Å². The van der Waals surface area contributed by atoms with Crippen molar-refractivity contribution in [2.75, 3.05) is 24.5 Å². The van der Waals surface area contributed by atoms with E-state index in [1.807, 2.05) is 24.3 Å². The first-order valence-electron chi connectivity index (χ1n) is 13.1. The van der Waals surface area contributed by atoms with Crippen LogP contribution in [-0.2, 0) is 33.4 Å². The van der Waals surface area contributed by atoms with Gasteiger partial charge in [0.15, 0.2) is 0 Å². The van der Waals surface area contributed by atoms with E-state index < -0.39 is 34.1 Å². The number of alkyl halides is 3. The van der Waals surface area contributed by atoms with Gasteiger partial charge >= 0.3 is 6.36 Å². The van der Waals surface area contributed by atoms with Gasteiger partial charge in [-0.3, -0.25) is 9.78 Å². The first-order valence-corrected chi connectivity index (χ1v) is 14.5. The first kappa shape index (κ1) is 31.2. The van der Waals surface area contributed by atoms with Crippen molar-refractivity contribution in [3.8, 4) is 5.75 Å². The van der Waals surface area contributed by atoms with Crippen molar-refractivity contribution in [2.45, 2.75) is 56.6 Å². The molecule has 226 valence electrons. The number of piperazine rings is 1. The Balaban J connectivity index is 1.57. The average Bonchev–Trinajstić information content (AvgIpc) is 2.95. The Labute approximate surface area is 242 Å². The molecule has 2 N–H and O–H groups in total.